The van der Waals surface area contributed by atoms with Gasteiger partial charge in [0.15, 0.2) is 0 Å². The number of phenolic OH excluding ortho intramolecular Hbond substituents is 1. The van der Waals surface area contributed by atoms with E-state index in [0.29, 0.717) is 32.4 Å². The number of hydrogen-bond donors (Lipinski definition) is 5. The molecule has 1 aromatic rings. The summed E-state index contributed by atoms with van der Waals surface area (Å²) < 4.78 is 0. The number of nitrogens with zero attached hydrogens (tertiary/aromatic N) is 1. The third-order valence-electron chi connectivity index (χ3n) is 5.61. The molecule has 0 aliphatic carbocycles. The van der Waals surface area contributed by atoms with Crippen LogP contribution in [0.15, 0.2) is 24.3 Å². The van der Waals surface area contributed by atoms with Crippen LogP contribution in [-0.4, -0.2) is 64.1 Å². The molecule has 0 spiro atoms. The number of unbranched alkanes of at least 4 members (excludes halogenated alkanes) is 3. The minimum absolute atomic E-state index is 0.126. The van der Waals surface area contributed by atoms with Crippen molar-refractivity contribution in [3.05, 3.63) is 29.8 Å². The number of carboxylic acid groups (broad SMARTS) is 1. The van der Waals surface area contributed by atoms with Crippen LogP contribution < -0.4 is 16.8 Å². The van der Waals surface area contributed by atoms with Gasteiger partial charge < -0.3 is 31.9 Å². The van der Waals surface area contributed by atoms with Crippen molar-refractivity contribution in [2.75, 3.05) is 13.1 Å². The Morgan fingerprint density at radius 3 is 2.45 bits per heavy atom. The highest BCUT2D eigenvalue weighted by atomic mass is 16.4. The smallest absolute Gasteiger partial charge is 0.326 e. The normalized spacial score (nSPS) is 17.9. The van der Waals surface area contributed by atoms with Crippen molar-refractivity contribution in [2.45, 2.75) is 69.5 Å². The molecule has 1 aromatic carbocycles. The molecule has 1 heterocycles. The number of amides is 2. The maximum Gasteiger partial charge on any atom is 0.326 e. The third-order valence-corrected chi connectivity index (χ3v) is 5.61. The van der Waals surface area contributed by atoms with E-state index in [1.54, 1.807) is 12.1 Å². The van der Waals surface area contributed by atoms with Crippen LogP contribution in [0.4, 0.5) is 0 Å². The number of carbonyl (C=O) groups is 3. The van der Waals surface area contributed by atoms with Crippen molar-refractivity contribution in [3.8, 4) is 5.75 Å². The predicted molar refractivity (Wildman–Crippen MR) is 116 cm³/mol. The molecule has 2 rings (SSSR count). The number of nitrogens with two attached hydrogens (primary N) is 2. The number of benzene rings is 1. The second-order valence-electron chi connectivity index (χ2n) is 8.06. The van der Waals surface area contributed by atoms with Crippen LogP contribution in [-0.2, 0) is 20.8 Å². The molecule has 2 amide bonds. The van der Waals surface area contributed by atoms with Crippen LogP contribution in [0, 0.1) is 0 Å². The minimum Gasteiger partial charge on any atom is -0.508 e. The average molecular weight is 435 g/mol. The van der Waals surface area contributed by atoms with E-state index in [1.807, 2.05) is 0 Å². The summed E-state index contributed by atoms with van der Waals surface area (Å²) in [5.74, 6) is -1.73. The van der Waals surface area contributed by atoms with Crippen molar-refractivity contribution in [3.63, 3.8) is 0 Å². The van der Waals surface area contributed by atoms with Gasteiger partial charge in [-0.3, -0.25) is 9.59 Å². The van der Waals surface area contributed by atoms with Crippen LogP contribution in [0.25, 0.3) is 0 Å². The lowest BCUT2D eigenvalue weighted by atomic mass is 10.0. The molecular formula is C22H34N4O5. The van der Waals surface area contributed by atoms with Crippen molar-refractivity contribution in [1.29, 1.82) is 0 Å². The van der Waals surface area contributed by atoms with Gasteiger partial charge in [0.25, 0.3) is 0 Å². The highest BCUT2D eigenvalue weighted by Gasteiger charge is 2.37. The number of likely N-dealkylation sites (tertiary alicyclic amines) is 1. The summed E-state index contributed by atoms with van der Waals surface area (Å²) >= 11 is 0. The maximum atomic E-state index is 13.1. The lowest BCUT2D eigenvalue weighted by Crippen LogP contribution is -2.54. The van der Waals surface area contributed by atoms with Crippen LogP contribution in [0.3, 0.4) is 0 Å². The third kappa shape index (κ3) is 7.52. The Labute approximate surface area is 182 Å². The maximum absolute atomic E-state index is 13.1. The van der Waals surface area contributed by atoms with E-state index >= 15 is 0 Å². The second kappa shape index (κ2) is 12.3. The fourth-order valence-electron chi connectivity index (χ4n) is 3.85. The Balaban J connectivity index is 2.02. The summed E-state index contributed by atoms with van der Waals surface area (Å²) in [6.07, 6.45) is 5.14. The number of phenols is 1. The summed E-state index contributed by atoms with van der Waals surface area (Å²) in [4.78, 5) is 38.7. The van der Waals surface area contributed by atoms with E-state index in [2.05, 4.69) is 5.32 Å². The fraction of sp³-hybridized carbons (Fsp3) is 0.591. The number of aliphatic carboxylic acids is 1. The van der Waals surface area contributed by atoms with Gasteiger partial charge in [-0.2, -0.15) is 0 Å². The predicted octanol–water partition coefficient (Wildman–Crippen LogP) is 0.732. The molecule has 9 heteroatoms. The minimum atomic E-state index is -1.03. The molecule has 0 aromatic heterocycles. The first-order valence-electron chi connectivity index (χ1n) is 10.9. The first-order chi connectivity index (χ1) is 14.8. The Bertz CT molecular complexity index is 740. The van der Waals surface area contributed by atoms with Crippen molar-refractivity contribution >= 4 is 17.8 Å². The quantitative estimate of drug-likeness (QED) is 0.303. The molecule has 3 unspecified atom stereocenters. The Morgan fingerprint density at radius 1 is 1.13 bits per heavy atom. The SMILES string of the molecule is NCCCCCCC(NC(=O)C(N)Cc1ccc(O)cc1)C(=O)N1CCCC1C(=O)O. The largest absolute Gasteiger partial charge is 0.508 e. The summed E-state index contributed by atoms with van der Waals surface area (Å²) in [6.45, 7) is 0.980. The zero-order valence-electron chi connectivity index (χ0n) is 17.8. The van der Waals surface area contributed by atoms with Crippen molar-refractivity contribution in [1.82, 2.24) is 10.2 Å². The van der Waals surface area contributed by atoms with Gasteiger partial charge in [-0.1, -0.05) is 31.4 Å². The van der Waals surface area contributed by atoms with Crippen LogP contribution >= 0.6 is 0 Å². The molecule has 7 N–H and O–H groups in total. The van der Waals surface area contributed by atoms with Gasteiger partial charge in [0.2, 0.25) is 11.8 Å². The number of rotatable bonds is 12. The summed E-state index contributed by atoms with van der Waals surface area (Å²) in [5.41, 5.74) is 12.4. The van der Waals surface area contributed by atoms with Crippen LogP contribution in [0.1, 0.15) is 50.5 Å². The molecule has 1 aliphatic rings. The number of nitrogens with one attached hydrogen (secondary N) is 1. The van der Waals surface area contributed by atoms with Gasteiger partial charge in [0.05, 0.1) is 6.04 Å². The lowest BCUT2D eigenvalue weighted by Gasteiger charge is -2.28. The molecular weight excluding hydrogens is 400 g/mol. The molecule has 1 fully saturated rings. The summed E-state index contributed by atoms with van der Waals surface area (Å²) in [7, 11) is 0. The van der Waals surface area contributed by atoms with Crippen LogP contribution in [0.2, 0.25) is 0 Å². The monoisotopic (exact) mass is 434 g/mol. The molecule has 9 nitrogen and oxygen atoms in total. The molecule has 172 valence electrons. The topological polar surface area (TPSA) is 159 Å². The number of aromatic hydroxyl groups is 1. The first-order valence-corrected chi connectivity index (χ1v) is 10.9. The molecule has 0 bridgehead atoms. The zero-order valence-corrected chi connectivity index (χ0v) is 17.8. The van der Waals surface area contributed by atoms with Gasteiger partial charge in [-0.05, 0) is 56.3 Å². The van der Waals surface area contributed by atoms with Crippen molar-refractivity contribution < 1.29 is 24.6 Å². The van der Waals surface area contributed by atoms with Gasteiger partial charge in [0.1, 0.15) is 17.8 Å². The molecule has 1 aliphatic heterocycles. The second-order valence-corrected chi connectivity index (χ2v) is 8.06. The average Bonchev–Trinajstić information content (AvgIpc) is 3.24. The lowest BCUT2D eigenvalue weighted by molar-refractivity contribution is -0.149. The number of carbonyl (C=O) groups excluding carboxylic acids is 2. The fourth-order valence-corrected chi connectivity index (χ4v) is 3.85. The molecule has 0 radical (unpaired) electrons. The van der Waals surface area contributed by atoms with E-state index < -0.39 is 30.0 Å². The van der Waals surface area contributed by atoms with Gasteiger partial charge in [-0.25, -0.2) is 4.79 Å². The van der Waals surface area contributed by atoms with Crippen molar-refractivity contribution in [2.24, 2.45) is 11.5 Å². The Hall–Kier alpha value is -2.65. The summed E-state index contributed by atoms with van der Waals surface area (Å²) in [6, 6.07) is 3.88. The molecule has 1 saturated heterocycles. The highest BCUT2D eigenvalue weighted by Crippen LogP contribution is 2.20. The van der Waals surface area contributed by atoms with Gasteiger partial charge in [0, 0.05) is 6.54 Å². The van der Waals surface area contributed by atoms with E-state index in [1.165, 1.54) is 17.0 Å². The van der Waals surface area contributed by atoms with E-state index in [0.717, 1.165) is 31.2 Å². The van der Waals surface area contributed by atoms with E-state index in [4.69, 9.17) is 11.5 Å². The van der Waals surface area contributed by atoms with E-state index in [-0.39, 0.29) is 18.1 Å². The van der Waals surface area contributed by atoms with Crippen LogP contribution in [0.5, 0.6) is 5.75 Å². The first kappa shape index (κ1) is 24.6. The molecule has 3 atom stereocenters. The number of carboxylic acids is 1. The zero-order chi connectivity index (χ0) is 22.8. The standard InChI is InChI=1S/C22H34N4O5/c23-12-4-2-1-3-6-18(21(29)26-13-5-7-19(26)22(30)31)25-20(28)17(24)14-15-8-10-16(27)11-9-15/h8-11,17-19,27H,1-7,12-14,23-24H2,(H,25,28)(H,30,31). The van der Waals surface area contributed by atoms with E-state index in [9.17, 15) is 24.6 Å². The number of hydrogen-bond acceptors (Lipinski definition) is 6. The highest BCUT2D eigenvalue weighted by molar-refractivity contribution is 5.92. The molecule has 31 heavy (non-hydrogen) atoms. The molecule has 0 saturated carbocycles. The Kier molecular flexibility index (Phi) is 9.74. The summed E-state index contributed by atoms with van der Waals surface area (Å²) in [5, 5.41) is 21.5. The Morgan fingerprint density at radius 2 is 1.81 bits per heavy atom. The van der Waals surface area contributed by atoms with Gasteiger partial charge >= 0.3 is 5.97 Å². The van der Waals surface area contributed by atoms with Gasteiger partial charge in [-0.15, -0.1) is 0 Å².